The molecule has 0 saturated heterocycles. The lowest BCUT2D eigenvalue weighted by Gasteiger charge is -2.33. The van der Waals surface area contributed by atoms with Crippen molar-refractivity contribution in [3.05, 3.63) is 75.8 Å². The first-order chi connectivity index (χ1) is 11.9. The highest BCUT2D eigenvalue weighted by Crippen LogP contribution is 2.39. The van der Waals surface area contributed by atoms with Gasteiger partial charge >= 0.3 is 0 Å². The molecule has 25 heavy (non-hydrogen) atoms. The minimum Gasteiger partial charge on any atom is -0.465 e. The van der Waals surface area contributed by atoms with Gasteiger partial charge in [0.25, 0.3) is 0 Å². The molecule has 130 valence electrons. The Balaban J connectivity index is 2.02. The Kier molecular flexibility index (Phi) is 5.20. The van der Waals surface area contributed by atoms with Gasteiger partial charge in [0.1, 0.15) is 24.0 Å². The molecule has 2 atom stereocenters. The predicted octanol–water partition coefficient (Wildman–Crippen LogP) is 4.72. The first-order valence-electron chi connectivity index (χ1n) is 7.32. The summed E-state index contributed by atoms with van der Waals surface area (Å²) in [5.74, 6) is 0.510. The van der Waals surface area contributed by atoms with Crippen LogP contribution in [0.3, 0.4) is 0 Å². The maximum atomic E-state index is 11.2. The van der Waals surface area contributed by atoms with Crippen LogP contribution in [0.15, 0.2) is 55.1 Å². The molecule has 0 bridgehead atoms. The Morgan fingerprint density at radius 3 is 2.36 bits per heavy atom. The van der Waals surface area contributed by atoms with Crippen molar-refractivity contribution in [2.75, 3.05) is 0 Å². The molecular formula is C17H14Cl3N3O2. The molecule has 1 heterocycles. The SMILES string of the molecule is CC(O)(c1ccc(Cl)cc1Cl)C(Oc1ccc(Cl)cc1)n1cncn1. The van der Waals surface area contributed by atoms with Gasteiger partial charge in [-0.1, -0.05) is 40.9 Å². The van der Waals surface area contributed by atoms with Gasteiger partial charge in [0.2, 0.25) is 6.23 Å². The summed E-state index contributed by atoms with van der Waals surface area (Å²) in [5.41, 5.74) is -1.07. The second-order valence-corrected chi connectivity index (χ2v) is 6.85. The summed E-state index contributed by atoms with van der Waals surface area (Å²) in [6, 6.07) is 11.7. The van der Waals surface area contributed by atoms with Gasteiger partial charge in [-0.15, -0.1) is 0 Å². The summed E-state index contributed by atoms with van der Waals surface area (Å²) in [7, 11) is 0. The van der Waals surface area contributed by atoms with Crippen LogP contribution in [0.25, 0.3) is 0 Å². The number of aromatic nitrogens is 3. The summed E-state index contributed by atoms with van der Waals surface area (Å²) in [6.07, 6.45) is 1.89. The van der Waals surface area contributed by atoms with Crippen molar-refractivity contribution in [3.63, 3.8) is 0 Å². The normalized spacial score (nSPS) is 14.8. The zero-order valence-corrected chi connectivity index (χ0v) is 15.4. The third-order valence-electron chi connectivity index (χ3n) is 3.70. The number of hydrogen-bond donors (Lipinski definition) is 1. The number of halogens is 3. The molecular weight excluding hydrogens is 385 g/mol. The molecule has 2 aromatic carbocycles. The summed E-state index contributed by atoms with van der Waals surface area (Å²) in [6.45, 7) is 1.59. The van der Waals surface area contributed by atoms with E-state index in [9.17, 15) is 5.11 Å². The van der Waals surface area contributed by atoms with E-state index in [1.54, 1.807) is 49.4 Å². The van der Waals surface area contributed by atoms with Gasteiger partial charge in [-0.2, -0.15) is 5.10 Å². The fourth-order valence-electron chi connectivity index (χ4n) is 2.44. The van der Waals surface area contributed by atoms with Crippen LogP contribution in [-0.2, 0) is 5.60 Å². The fraction of sp³-hybridized carbons (Fsp3) is 0.176. The lowest BCUT2D eigenvalue weighted by Crippen LogP contribution is -2.38. The third-order valence-corrected chi connectivity index (χ3v) is 4.50. The number of aliphatic hydroxyl groups is 1. The van der Waals surface area contributed by atoms with Crippen LogP contribution in [-0.4, -0.2) is 19.9 Å². The maximum absolute atomic E-state index is 11.2. The highest BCUT2D eigenvalue weighted by atomic mass is 35.5. The third kappa shape index (κ3) is 3.90. The summed E-state index contributed by atoms with van der Waals surface area (Å²) in [4.78, 5) is 3.93. The number of ether oxygens (including phenoxy) is 1. The van der Waals surface area contributed by atoms with Crippen molar-refractivity contribution in [2.24, 2.45) is 0 Å². The quantitative estimate of drug-likeness (QED) is 0.675. The molecule has 3 rings (SSSR count). The van der Waals surface area contributed by atoms with Gasteiger partial charge < -0.3 is 9.84 Å². The Labute approximate surface area is 159 Å². The Morgan fingerprint density at radius 2 is 1.76 bits per heavy atom. The van der Waals surface area contributed by atoms with E-state index in [1.165, 1.54) is 17.3 Å². The van der Waals surface area contributed by atoms with Gasteiger partial charge in [-0.3, -0.25) is 0 Å². The Bertz CT molecular complexity index is 852. The minimum absolute atomic E-state index is 0.322. The number of benzene rings is 2. The van der Waals surface area contributed by atoms with Crippen LogP contribution in [0.4, 0.5) is 0 Å². The second-order valence-electron chi connectivity index (χ2n) is 5.57. The highest BCUT2D eigenvalue weighted by Gasteiger charge is 2.39. The van der Waals surface area contributed by atoms with Crippen molar-refractivity contribution in [1.82, 2.24) is 14.8 Å². The van der Waals surface area contributed by atoms with Crippen LogP contribution in [0.2, 0.25) is 15.1 Å². The van der Waals surface area contributed by atoms with Crippen LogP contribution in [0.1, 0.15) is 18.7 Å². The van der Waals surface area contributed by atoms with Crippen LogP contribution in [0, 0.1) is 0 Å². The molecule has 1 N–H and O–H groups in total. The molecule has 5 nitrogen and oxygen atoms in total. The van der Waals surface area contributed by atoms with Crippen LogP contribution < -0.4 is 4.74 Å². The molecule has 0 aliphatic heterocycles. The van der Waals surface area contributed by atoms with Crippen LogP contribution >= 0.6 is 34.8 Å². The number of hydrogen-bond acceptors (Lipinski definition) is 4. The Hall–Kier alpha value is -1.79. The first kappa shape index (κ1) is 18.0. The van der Waals surface area contributed by atoms with Crippen molar-refractivity contribution < 1.29 is 9.84 Å². The zero-order chi connectivity index (χ0) is 18.0. The molecule has 2 unspecified atom stereocenters. The molecule has 0 fully saturated rings. The van der Waals surface area contributed by atoms with E-state index in [0.717, 1.165) is 0 Å². The molecule has 0 saturated carbocycles. The highest BCUT2D eigenvalue weighted by molar-refractivity contribution is 6.35. The van der Waals surface area contributed by atoms with Crippen molar-refractivity contribution in [1.29, 1.82) is 0 Å². The maximum Gasteiger partial charge on any atom is 0.225 e. The standard InChI is InChI=1S/C17H14Cl3N3O2/c1-17(24,14-7-4-12(19)8-15(14)20)16(23-10-21-9-22-23)25-13-5-2-11(18)3-6-13/h2-10,16,24H,1H3. The average Bonchev–Trinajstić information content (AvgIpc) is 3.07. The molecule has 0 radical (unpaired) electrons. The first-order valence-corrected chi connectivity index (χ1v) is 8.45. The monoisotopic (exact) mass is 397 g/mol. The van der Waals surface area contributed by atoms with E-state index in [2.05, 4.69) is 10.1 Å². The van der Waals surface area contributed by atoms with Gasteiger partial charge in [-0.25, -0.2) is 9.67 Å². The topological polar surface area (TPSA) is 60.2 Å². The van der Waals surface area contributed by atoms with E-state index in [0.29, 0.717) is 26.4 Å². The lowest BCUT2D eigenvalue weighted by atomic mass is 9.94. The minimum atomic E-state index is -1.52. The van der Waals surface area contributed by atoms with E-state index >= 15 is 0 Å². The van der Waals surface area contributed by atoms with Gasteiger partial charge in [-0.05, 0) is 43.3 Å². The largest absolute Gasteiger partial charge is 0.465 e. The molecule has 0 spiro atoms. The molecule has 1 aromatic heterocycles. The Morgan fingerprint density at radius 1 is 1.08 bits per heavy atom. The smallest absolute Gasteiger partial charge is 0.225 e. The summed E-state index contributed by atoms with van der Waals surface area (Å²) < 4.78 is 7.39. The van der Waals surface area contributed by atoms with E-state index in [1.807, 2.05) is 0 Å². The molecule has 0 amide bonds. The van der Waals surface area contributed by atoms with Gasteiger partial charge in [0.05, 0.1) is 0 Å². The number of rotatable bonds is 5. The second kappa shape index (κ2) is 7.22. The van der Waals surface area contributed by atoms with Crippen molar-refractivity contribution in [3.8, 4) is 5.75 Å². The summed E-state index contributed by atoms with van der Waals surface area (Å²) >= 11 is 18.1. The van der Waals surface area contributed by atoms with Gasteiger partial charge in [0.15, 0.2) is 0 Å². The lowest BCUT2D eigenvalue weighted by molar-refractivity contribution is -0.0978. The van der Waals surface area contributed by atoms with E-state index < -0.39 is 11.8 Å². The van der Waals surface area contributed by atoms with Crippen molar-refractivity contribution in [2.45, 2.75) is 18.8 Å². The van der Waals surface area contributed by atoms with Crippen LogP contribution in [0.5, 0.6) is 5.75 Å². The zero-order valence-electron chi connectivity index (χ0n) is 13.1. The molecule has 8 heteroatoms. The van der Waals surface area contributed by atoms with Gasteiger partial charge in [0, 0.05) is 20.6 Å². The fourth-order valence-corrected chi connectivity index (χ4v) is 3.17. The molecule has 3 aromatic rings. The number of nitrogens with zero attached hydrogens (tertiary/aromatic N) is 3. The van der Waals surface area contributed by atoms with E-state index in [4.69, 9.17) is 39.5 Å². The average molecular weight is 399 g/mol. The molecule has 0 aliphatic carbocycles. The van der Waals surface area contributed by atoms with Crippen molar-refractivity contribution >= 4 is 34.8 Å². The summed E-state index contributed by atoms with van der Waals surface area (Å²) in [5, 5.41) is 16.7. The predicted molar refractivity (Wildman–Crippen MR) is 97.2 cm³/mol. The van der Waals surface area contributed by atoms with E-state index in [-0.39, 0.29) is 0 Å². The molecule has 0 aliphatic rings.